The van der Waals surface area contributed by atoms with E-state index in [2.05, 4.69) is 12.2 Å². The minimum Gasteiger partial charge on any atom is -0.496 e. The van der Waals surface area contributed by atoms with Crippen molar-refractivity contribution in [1.29, 1.82) is 0 Å². The van der Waals surface area contributed by atoms with Crippen LogP contribution in [0.1, 0.15) is 36.4 Å². The molecule has 0 aliphatic rings. The Kier molecular flexibility index (Phi) is 6.57. The number of amides is 1. The van der Waals surface area contributed by atoms with Crippen molar-refractivity contribution in [3.05, 3.63) is 65.9 Å². The molecule has 29 heavy (non-hydrogen) atoms. The summed E-state index contributed by atoms with van der Waals surface area (Å²) in [5.74, 6) is 2.12. The van der Waals surface area contributed by atoms with Crippen LogP contribution in [0.3, 0.4) is 0 Å². The van der Waals surface area contributed by atoms with Crippen LogP contribution in [0.25, 0.3) is 11.3 Å². The topological polar surface area (TPSA) is 80.9 Å². The quantitative estimate of drug-likeness (QED) is 0.568. The second-order valence-corrected chi connectivity index (χ2v) is 6.65. The molecule has 0 unspecified atom stereocenters. The van der Waals surface area contributed by atoms with Crippen molar-refractivity contribution in [2.75, 3.05) is 12.4 Å². The number of aliphatic hydroxyl groups excluding tert-OH is 1. The van der Waals surface area contributed by atoms with Gasteiger partial charge in [-0.05, 0) is 67.9 Å². The maximum atomic E-state index is 12.6. The van der Waals surface area contributed by atoms with Crippen LogP contribution >= 0.6 is 0 Å². The second-order valence-electron chi connectivity index (χ2n) is 6.65. The zero-order valence-corrected chi connectivity index (χ0v) is 16.8. The summed E-state index contributed by atoms with van der Waals surface area (Å²) in [7, 11) is 1.57. The molecule has 0 aliphatic heterocycles. The summed E-state index contributed by atoms with van der Waals surface area (Å²) in [5.41, 5.74) is 1.81. The van der Waals surface area contributed by atoms with E-state index in [4.69, 9.17) is 13.9 Å². The Labute approximate surface area is 170 Å². The number of furan rings is 1. The fraction of sp³-hybridized carbons (Fsp3) is 0.261. The Morgan fingerprint density at radius 1 is 1.14 bits per heavy atom. The van der Waals surface area contributed by atoms with E-state index in [-0.39, 0.29) is 18.6 Å². The fourth-order valence-corrected chi connectivity index (χ4v) is 2.79. The van der Waals surface area contributed by atoms with Crippen molar-refractivity contribution in [2.24, 2.45) is 0 Å². The smallest absolute Gasteiger partial charge is 0.255 e. The van der Waals surface area contributed by atoms with E-state index in [1.54, 1.807) is 61.7 Å². The molecular formula is C23H25NO5. The molecule has 0 fully saturated rings. The first-order valence-electron chi connectivity index (χ1n) is 9.50. The van der Waals surface area contributed by atoms with Gasteiger partial charge in [-0.15, -0.1) is 0 Å². The first-order chi connectivity index (χ1) is 14.0. The van der Waals surface area contributed by atoms with E-state index < -0.39 is 0 Å². The normalized spacial score (nSPS) is 11.7. The number of benzene rings is 2. The third-order valence-corrected chi connectivity index (χ3v) is 4.57. The van der Waals surface area contributed by atoms with Gasteiger partial charge in [-0.25, -0.2) is 0 Å². The van der Waals surface area contributed by atoms with Crippen molar-refractivity contribution in [3.63, 3.8) is 0 Å². The highest BCUT2D eigenvalue weighted by Crippen LogP contribution is 2.34. The molecule has 0 saturated heterocycles. The van der Waals surface area contributed by atoms with Gasteiger partial charge in [0.05, 0.1) is 18.8 Å². The number of nitrogens with one attached hydrogen (secondary N) is 1. The van der Waals surface area contributed by atoms with Crippen molar-refractivity contribution in [3.8, 4) is 22.8 Å². The van der Waals surface area contributed by atoms with Crippen LogP contribution in [0.5, 0.6) is 11.5 Å². The molecule has 0 spiro atoms. The molecule has 1 aromatic heterocycles. The lowest BCUT2D eigenvalue weighted by molar-refractivity contribution is 0.102. The van der Waals surface area contributed by atoms with Crippen molar-refractivity contribution in [1.82, 2.24) is 0 Å². The summed E-state index contributed by atoms with van der Waals surface area (Å²) in [5, 5.41) is 12.1. The van der Waals surface area contributed by atoms with E-state index in [9.17, 15) is 9.90 Å². The first kappa shape index (κ1) is 20.5. The Morgan fingerprint density at radius 3 is 2.52 bits per heavy atom. The molecule has 3 rings (SSSR count). The summed E-state index contributed by atoms with van der Waals surface area (Å²) in [6, 6.07) is 15.8. The minimum absolute atomic E-state index is 0.125. The third-order valence-electron chi connectivity index (χ3n) is 4.57. The number of carbonyl (C=O) groups excluding carboxylic acids is 1. The highest BCUT2D eigenvalue weighted by atomic mass is 16.5. The lowest BCUT2D eigenvalue weighted by atomic mass is 10.1. The molecule has 6 nitrogen and oxygen atoms in total. The SMILES string of the molecule is CC[C@H](C)Oc1ccc(C(=O)Nc2ccc(OC)c(-c3ccc(CO)o3)c2)cc1. The molecule has 0 aliphatic carbocycles. The molecule has 152 valence electrons. The zero-order chi connectivity index (χ0) is 20.8. The van der Waals surface area contributed by atoms with Crippen LogP contribution in [0.15, 0.2) is 59.0 Å². The third kappa shape index (κ3) is 4.97. The maximum absolute atomic E-state index is 12.6. The molecular weight excluding hydrogens is 370 g/mol. The molecule has 1 atom stereocenters. The van der Waals surface area contributed by atoms with Gasteiger partial charge in [-0.3, -0.25) is 4.79 Å². The lowest BCUT2D eigenvalue weighted by Gasteiger charge is -2.13. The van der Waals surface area contributed by atoms with E-state index in [0.29, 0.717) is 34.1 Å². The Bertz CT molecular complexity index is 962. The van der Waals surface area contributed by atoms with Gasteiger partial charge in [0.1, 0.15) is 29.6 Å². The van der Waals surface area contributed by atoms with Crippen LogP contribution in [0, 0.1) is 0 Å². The predicted molar refractivity (Wildman–Crippen MR) is 111 cm³/mol. The van der Waals surface area contributed by atoms with Gasteiger partial charge < -0.3 is 24.3 Å². The number of rotatable bonds is 8. The predicted octanol–water partition coefficient (Wildman–Crippen LogP) is 4.88. The van der Waals surface area contributed by atoms with Crippen LogP contribution in [-0.2, 0) is 6.61 Å². The van der Waals surface area contributed by atoms with Crippen molar-refractivity contribution in [2.45, 2.75) is 33.0 Å². The number of hydrogen-bond acceptors (Lipinski definition) is 5. The monoisotopic (exact) mass is 395 g/mol. The van der Waals surface area contributed by atoms with Gasteiger partial charge in [0.15, 0.2) is 0 Å². The average Bonchev–Trinajstić information content (AvgIpc) is 3.23. The standard InChI is InChI=1S/C23H25NO5/c1-4-15(2)28-18-8-5-16(6-9-18)23(26)24-17-7-11-21(27-3)20(13-17)22-12-10-19(14-25)29-22/h5-13,15,25H,4,14H2,1-3H3,(H,24,26)/t15-/m0/s1. The molecule has 2 aromatic carbocycles. The molecule has 6 heteroatoms. The van der Waals surface area contributed by atoms with E-state index >= 15 is 0 Å². The van der Waals surface area contributed by atoms with Gasteiger partial charge in [0.2, 0.25) is 0 Å². The van der Waals surface area contributed by atoms with Crippen molar-refractivity contribution < 1.29 is 23.8 Å². The molecule has 2 N–H and O–H groups in total. The molecule has 1 amide bonds. The second kappa shape index (κ2) is 9.30. The highest BCUT2D eigenvalue weighted by Gasteiger charge is 2.13. The lowest BCUT2D eigenvalue weighted by Crippen LogP contribution is -2.13. The van der Waals surface area contributed by atoms with Crippen LogP contribution in [0.4, 0.5) is 5.69 Å². The van der Waals surface area contributed by atoms with E-state index in [1.807, 2.05) is 6.92 Å². The van der Waals surface area contributed by atoms with Crippen LogP contribution in [0.2, 0.25) is 0 Å². The highest BCUT2D eigenvalue weighted by molar-refractivity contribution is 6.04. The maximum Gasteiger partial charge on any atom is 0.255 e. The first-order valence-corrected chi connectivity index (χ1v) is 9.50. The van der Waals surface area contributed by atoms with Gasteiger partial charge in [0.25, 0.3) is 5.91 Å². The summed E-state index contributed by atoms with van der Waals surface area (Å²) < 4.78 is 16.7. The molecule has 0 bridgehead atoms. The Morgan fingerprint density at radius 2 is 1.90 bits per heavy atom. The Balaban J connectivity index is 1.77. The number of hydrogen-bond donors (Lipinski definition) is 2. The van der Waals surface area contributed by atoms with Gasteiger partial charge in [0, 0.05) is 11.3 Å². The molecule has 0 saturated carbocycles. The van der Waals surface area contributed by atoms with E-state index in [0.717, 1.165) is 12.2 Å². The van der Waals surface area contributed by atoms with Gasteiger partial charge in [-0.1, -0.05) is 6.92 Å². The molecule has 0 radical (unpaired) electrons. The number of anilines is 1. The Hall–Kier alpha value is -3.25. The molecule has 1 heterocycles. The van der Waals surface area contributed by atoms with Gasteiger partial charge in [-0.2, -0.15) is 0 Å². The van der Waals surface area contributed by atoms with Crippen LogP contribution in [-0.4, -0.2) is 24.2 Å². The minimum atomic E-state index is -0.230. The number of carbonyl (C=O) groups is 1. The number of ether oxygens (including phenoxy) is 2. The van der Waals surface area contributed by atoms with Gasteiger partial charge >= 0.3 is 0 Å². The summed E-state index contributed by atoms with van der Waals surface area (Å²) >= 11 is 0. The molecule has 3 aromatic rings. The fourth-order valence-electron chi connectivity index (χ4n) is 2.79. The van der Waals surface area contributed by atoms with E-state index in [1.165, 1.54) is 0 Å². The van der Waals surface area contributed by atoms with Crippen molar-refractivity contribution >= 4 is 11.6 Å². The number of aliphatic hydroxyl groups is 1. The zero-order valence-electron chi connectivity index (χ0n) is 16.8. The largest absolute Gasteiger partial charge is 0.496 e. The summed E-state index contributed by atoms with van der Waals surface area (Å²) in [4.78, 5) is 12.6. The summed E-state index contributed by atoms with van der Waals surface area (Å²) in [6.07, 6.45) is 1.04. The van der Waals surface area contributed by atoms with Crippen LogP contribution < -0.4 is 14.8 Å². The average molecular weight is 395 g/mol. The number of methoxy groups -OCH3 is 1. The summed E-state index contributed by atoms with van der Waals surface area (Å²) in [6.45, 7) is 3.88.